The number of ether oxygens (including phenoxy) is 1. The first kappa shape index (κ1) is 13.1. The Kier molecular flexibility index (Phi) is 4.90. The second-order valence-corrected chi connectivity index (χ2v) is 4.04. The van der Waals surface area contributed by atoms with E-state index in [1.807, 2.05) is 6.07 Å². The van der Waals surface area contributed by atoms with Crippen molar-refractivity contribution < 1.29 is 9.53 Å². The van der Waals surface area contributed by atoms with Crippen molar-refractivity contribution in [2.24, 2.45) is 0 Å². The predicted molar refractivity (Wildman–Crippen MR) is 65.4 cm³/mol. The number of amides is 1. The number of methoxy groups -OCH3 is 1. The van der Waals surface area contributed by atoms with E-state index in [1.165, 1.54) is 14.0 Å². The summed E-state index contributed by atoms with van der Waals surface area (Å²) in [5.41, 5.74) is 0.890. The molecule has 0 aliphatic rings. The van der Waals surface area contributed by atoms with E-state index in [0.717, 1.165) is 5.56 Å². The van der Waals surface area contributed by atoms with Gasteiger partial charge >= 0.3 is 0 Å². The highest BCUT2D eigenvalue weighted by atomic mass is 35.5. The van der Waals surface area contributed by atoms with Gasteiger partial charge in [0.25, 0.3) is 0 Å². The first-order valence-electron chi connectivity index (χ1n) is 4.81. The van der Waals surface area contributed by atoms with Crippen LogP contribution in [0.1, 0.15) is 12.5 Å². The molecule has 0 radical (unpaired) electrons. The summed E-state index contributed by atoms with van der Waals surface area (Å²) in [6, 6.07) is 3.60. The lowest BCUT2D eigenvalue weighted by Crippen LogP contribution is -2.22. The van der Waals surface area contributed by atoms with Gasteiger partial charge in [0.2, 0.25) is 5.91 Å². The van der Waals surface area contributed by atoms with Gasteiger partial charge in [-0.3, -0.25) is 4.79 Å². The Balaban J connectivity index is 2.74. The minimum atomic E-state index is -0.0595. The quantitative estimate of drug-likeness (QED) is 0.905. The fraction of sp³-hybridized carbons (Fsp3) is 0.364. The first-order chi connectivity index (χ1) is 7.56. The normalized spacial score (nSPS) is 10.0. The molecule has 0 unspecified atom stereocenters. The average molecular weight is 262 g/mol. The van der Waals surface area contributed by atoms with Gasteiger partial charge in [-0.2, -0.15) is 0 Å². The van der Waals surface area contributed by atoms with E-state index >= 15 is 0 Å². The van der Waals surface area contributed by atoms with Crippen LogP contribution in [0.15, 0.2) is 12.1 Å². The molecule has 5 heteroatoms. The molecule has 88 valence electrons. The highest BCUT2D eigenvalue weighted by Gasteiger charge is 2.09. The summed E-state index contributed by atoms with van der Waals surface area (Å²) in [4.78, 5) is 10.7. The second-order valence-electron chi connectivity index (χ2n) is 3.29. The van der Waals surface area contributed by atoms with Crippen molar-refractivity contribution in [3.05, 3.63) is 27.7 Å². The zero-order valence-electron chi connectivity index (χ0n) is 9.14. The maximum absolute atomic E-state index is 10.7. The van der Waals surface area contributed by atoms with Crippen LogP contribution in [0.3, 0.4) is 0 Å². The third-order valence-corrected chi connectivity index (χ3v) is 3.02. The van der Waals surface area contributed by atoms with Crippen LogP contribution in [0.2, 0.25) is 10.0 Å². The summed E-state index contributed by atoms with van der Waals surface area (Å²) >= 11 is 12.1. The Bertz CT molecular complexity index is 394. The predicted octanol–water partition coefficient (Wildman–Crippen LogP) is 2.68. The minimum Gasteiger partial charge on any atom is -0.495 e. The molecule has 1 aromatic rings. The molecule has 0 saturated heterocycles. The molecule has 0 aromatic heterocycles. The molecule has 1 aromatic carbocycles. The minimum absolute atomic E-state index is 0.0595. The molecule has 0 fully saturated rings. The van der Waals surface area contributed by atoms with E-state index in [4.69, 9.17) is 27.9 Å². The van der Waals surface area contributed by atoms with Crippen LogP contribution in [0, 0.1) is 0 Å². The van der Waals surface area contributed by atoms with Gasteiger partial charge in [0.1, 0.15) is 10.8 Å². The molecule has 0 aliphatic carbocycles. The maximum Gasteiger partial charge on any atom is 0.216 e. The van der Waals surface area contributed by atoms with Crippen LogP contribution < -0.4 is 10.1 Å². The number of halogens is 2. The molecule has 1 rings (SSSR count). The van der Waals surface area contributed by atoms with Crippen molar-refractivity contribution >= 4 is 29.1 Å². The third-order valence-electron chi connectivity index (χ3n) is 2.12. The molecular formula is C11H13Cl2NO2. The lowest BCUT2D eigenvalue weighted by atomic mass is 10.1. The lowest BCUT2D eigenvalue weighted by Gasteiger charge is -2.09. The van der Waals surface area contributed by atoms with Crippen LogP contribution in [0.5, 0.6) is 5.75 Å². The Morgan fingerprint density at radius 1 is 1.38 bits per heavy atom. The van der Waals surface area contributed by atoms with Crippen LogP contribution in [-0.2, 0) is 11.2 Å². The Morgan fingerprint density at radius 3 is 2.62 bits per heavy atom. The van der Waals surface area contributed by atoms with E-state index in [2.05, 4.69) is 5.32 Å². The number of rotatable bonds is 4. The molecule has 0 atom stereocenters. The molecule has 0 heterocycles. The summed E-state index contributed by atoms with van der Waals surface area (Å²) in [7, 11) is 1.54. The van der Waals surface area contributed by atoms with Crippen LogP contribution in [0.25, 0.3) is 0 Å². The van der Waals surface area contributed by atoms with Crippen molar-refractivity contribution in [3.8, 4) is 5.75 Å². The molecule has 0 saturated carbocycles. The summed E-state index contributed by atoms with van der Waals surface area (Å²) in [5.74, 6) is 0.491. The second kappa shape index (κ2) is 5.97. The van der Waals surface area contributed by atoms with Gasteiger partial charge in [-0.15, -0.1) is 0 Å². The van der Waals surface area contributed by atoms with Crippen molar-refractivity contribution in [1.82, 2.24) is 5.32 Å². The van der Waals surface area contributed by atoms with Crippen molar-refractivity contribution in [3.63, 3.8) is 0 Å². The van der Waals surface area contributed by atoms with Crippen LogP contribution in [0.4, 0.5) is 0 Å². The molecule has 0 aliphatic heterocycles. The van der Waals surface area contributed by atoms with Gasteiger partial charge in [0.15, 0.2) is 0 Å². The highest BCUT2D eigenvalue weighted by Crippen LogP contribution is 2.34. The summed E-state index contributed by atoms with van der Waals surface area (Å²) in [6.45, 7) is 2.01. The fourth-order valence-corrected chi connectivity index (χ4v) is 1.81. The number of nitrogens with one attached hydrogen (secondary N) is 1. The lowest BCUT2D eigenvalue weighted by molar-refractivity contribution is -0.118. The number of hydrogen-bond donors (Lipinski definition) is 1. The number of benzene rings is 1. The Morgan fingerprint density at radius 2 is 2.06 bits per heavy atom. The van der Waals surface area contributed by atoms with Gasteiger partial charge in [0, 0.05) is 13.5 Å². The Hall–Kier alpha value is -0.930. The molecule has 0 bridgehead atoms. The molecule has 0 spiro atoms. The summed E-state index contributed by atoms with van der Waals surface area (Å²) in [6.07, 6.45) is 0.641. The van der Waals surface area contributed by atoms with Gasteiger partial charge in [-0.25, -0.2) is 0 Å². The molecule has 1 amide bonds. The number of carbonyl (C=O) groups is 1. The van der Waals surface area contributed by atoms with Crippen molar-refractivity contribution in [2.75, 3.05) is 13.7 Å². The van der Waals surface area contributed by atoms with Crippen LogP contribution >= 0.6 is 23.2 Å². The third kappa shape index (κ3) is 3.29. The zero-order chi connectivity index (χ0) is 12.1. The molecule has 1 N–H and O–H groups in total. The summed E-state index contributed by atoms with van der Waals surface area (Å²) in [5, 5.41) is 3.58. The van der Waals surface area contributed by atoms with E-state index < -0.39 is 0 Å². The molecule has 3 nitrogen and oxygen atoms in total. The summed E-state index contributed by atoms with van der Waals surface area (Å²) < 4.78 is 5.04. The maximum atomic E-state index is 10.7. The molecule has 16 heavy (non-hydrogen) atoms. The smallest absolute Gasteiger partial charge is 0.216 e. The zero-order valence-corrected chi connectivity index (χ0v) is 10.7. The standard InChI is InChI=1S/C11H13Cl2NO2/c1-7(15)14-6-5-8-3-4-9(16-2)11(13)10(8)12/h3-4H,5-6H2,1-2H3,(H,14,15). The van der Waals surface area contributed by atoms with Crippen molar-refractivity contribution in [2.45, 2.75) is 13.3 Å². The van der Waals surface area contributed by atoms with Gasteiger partial charge in [-0.1, -0.05) is 29.3 Å². The van der Waals surface area contributed by atoms with Gasteiger partial charge in [-0.05, 0) is 18.1 Å². The topological polar surface area (TPSA) is 38.3 Å². The van der Waals surface area contributed by atoms with Crippen molar-refractivity contribution in [1.29, 1.82) is 0 Å². The highest BCUT2D eigenvalue weighted by molar-refractivity contribution is 6.43. The average Bonchev–Trinajstić information content (AvgIpc) is 2.24. The van der Waals surface area contributed by atoms with Gasteiger partial charge in [0.05, 0.1) is 12.1 Å². The van der Waals surface area contributed by atoms with E-state index in [9.17, 15) is 4.79 Å². The molecular weight excluding hydrogens is 249 g/mol. The number of hydrogen-bond acceptors (Lipinski definition) is 2. The first-order valence-corrected chi connectivity index (χ1v) is 5.57. The van der Waals surface area contributed by atoms with Crippen LogP contribution in [-0.4, -0.2) is 19.6 Å². The van der Waals surface area contributed by atoms with Gasteiger partial charge < -0.3 is 10.1 Å². The van der Waals surface area contributed by atoms with E-state index in [0.29, 0.717) is 28.8 Å². The van der Waals surface area contributed by atoms with E-state index in [-0.39, 0.29) is 5.91 Å². The number of carbonyl (C=O) groups excluding carboxylic acids is 1. The SMILES string of the molecule is COc1ccc(CCNC(C)=O)c(Cl)c1Cl. The Labute approximate surface area is 105 Å². The van der Waals surface area contributed by atoms with E-state index in [1.54, 1.807) is 6.07 Å². The largest absolute Gasteiger partial charge is 0.495 e. The monoisotopic (exact) mass is 261 g/mol. The fourth-order valence-electron chi connectivity index (χ4n) is 1.30.